The molecular formula is C26H31FN4O4. The number of amides is 2. The predicted molar refractivity (Wildman–Crippen MR) is 133 cm³/mol. The van der Waals surface area contributed by atoms with Crippen LogP contribution in [0.4, 0.5) is 9.18 Å². The molecule has 9 heteroatoms. The van der Waals surface area contributed by atoms with Gasteiger partial charge in [-0.1, -0.05) is 0 Å². The zero-order chi connectivity index (χ0) is 26.1. The highest BCUT2D eigenvalue weighted by atomic mass is 19.1. The SMILES string of the molecule is C#C.CNC(=O)c1cc(C)c(-c2nc3cc(C)ccn3c2C)cc1F.COC(=O)N1CCOCC1. The number of morpholine rings is 1. The van der Waals surface area contributed by atoms with Gasteiger partial charge in [-0.3, -0.25) is 4.79 Å². The van der Waals surface area contributed by atoms with Crippen LogP contribution in [-0.2, 0) is 9.47 Å². The number of pyridine rings is 1. The molecule has 0 bridgehead atoms. The molecule has 1 saturated heterocycles. The number of nitrogens with zero attached hydrogens (tertiary/aromatic N) is 3. The molecule has 0 atom stereocenters. The lowest BCUT2D eigenvalue weighted by Crippen LogP contribution is -2.40. The van der Waals surface area contributed by atoms with Gasteiger partial charge in [0.05, 0.1) is 31.6 Å². The third kappa shape index (κ3) is 6.37. The van der Waals surface area contributed by atoms with Crippen molar-refractivity contribution >= 4 is 17.6 Å². The van der Waals surface area contributed by atoms with Gasteiger partial charge in [-0.25, -0.2) is 14.2 Å². The molecule has 0 aliphatic carbocycles. The Labute approximate surface area is 205 Å². The molecule has 35 heavy (non-hydrogen) atoms. The van der Waals surface area contributed by atoms with Gasteiger partial charge in [-0.05, 0) is 56.2 Å². The number of fused-ring (bicyclic) bond motifs is 1. The molecule has 3 aromatic rings. The summed E-state index contributed by atoms with van der Waals surface area (Å²) in [6, 6.07) is 6.95. The summed E-state index contributed by atoms with van der Waals surface area (Å²) >= 11 is 0. The molecule has 186 valence electrons. The first kappa shape index (κ1) is 27.3. The lowest BCUT2D eigenvalue weighted by atomic mass is 10.0. The maximum Gasteiger partial charge on any atom is 0.409 e. The summed E-state index contributed by atoms with van der Waals surface area (Å²) in [4.78, 5) is 28.8. The first-order chi connectivity index (χ1) is 16.8. The van der Waals surface area contributed by atoms with Gasteiger partial charge in [0.15, 0.2) is 0 Å². The fourth-order valence-electron chi connectivity index (χ4n) is 3.64. The van der Waals surface area contributed by atoms with Gasteiger partial charge in [0, 0.05) is 37.6 Å². The Bertz CT molecular complexity index is 1210. The minimum Gasteiger partial charge on any atom is -0.453 e. The molecule has 1 aromatic carbocycles. The molecule has 8 nitrogen and oxygen atoms in total. The van der Waals surface area contributed by atoms with Crippen LogP contribution in [0.5, 0.6) is 0 Å². The van der Waals surface area contributed by atoms with Gasteiger partial charge >= 0.3 is 6.09 Å². The number of aromatic nitrogens is 2. The second kappa shape index (κ2) is 12.5. The third-order valence-electron chi connectivity index (χ3n) is 5.51. The van der Waals surface area contributed by atoms with E-state index in [1.807, 2.05) is 43.5 Å². The van der Waals surface area contributed by atoms with E-state index in [0.717, 1.165) is 28.2 Å². The normalized spacial score (nSPS) is 12.6. The second-order valence-corrected chi connectivity index (χ2v) is 7.77. The number of nitrogens with one attached hydrogen (secondary N) is 1. The van der Waals surface area contributed by atoms with Crippen molar-refractivity contribution in [2.45, 2.75) is 20.8 Å². The van der Waals surface area contributed by atoms with E-state index in [-0.39, 0.29) is 11.7 Å². The summed E-state index contributed by atoms with van der Waals surface area (Å²) in [6.45, 7) is 8.35. The summed E-state index contributed by atoms with van der Waals surface area (Å²) in [5.41, 5.74) is 5.18. The first-order valence-electron chi connectivity index (χ1n) is 11.0. The number of hydrogen-bond acceptors (Lipinski definition) is 5. The van der Waals surface area contributed by atoms with Gasteiger partial charge in [0.2, 0.25) is 0 Å². The minimum atomic E-state index is -0.544. The van der Waals surface area contributed by atoms with E-state index in [9.17, 15) is 14.0 Å². The number of rotatable bonds is 2. The topological polar surface area (TPSA) is 85.2 Å². The van der Waals surface area contributed by atoms with Crippen LogP contribution in [0.15, 0.2) is 30.5 Å². The molecule has 0 spiro atoms. The van der Waals surface area contributed by atoms with Crippen LogP contribution in [-0.4, -0.2) is 66.7 Å². The van der Waals surface area contributed by atoms with E-state index in [4.69, 9.17) is 4.74 Å². The lowest BCUT2D eigenvalue weighted by Gasteiger charge is -2.24. The lowest BCUT2D eigenvalue weighted by molar-refractivity contribution is 0.0334. The van der Waals surface area contributed by atoms with Crippen molar-refractivity contribution in [1.29, 1.82) is 0 Å². The van der Waals surface area contributed by atoms with Gasteiger partial charge in [-0.2, -0.15) is 0 Å². The van der Waals surface area contributed by atoms with Crippen LogP contribution >= 0.6 is 0 Å². The monoisotopic (exact) mass is 482 g/mol. The molecule has 1 aliphatic heterocycles. The van der Waals surface area contributed by atoms with E-state index < -0.39 is 11.7 Å². The van der Waals surface area contributed by atoms with Crippen LogP contribution in [0.3, 0.4) is 0 Å². The summed E-state index contributed by atoms with van der Waals surface area (Å²) in [5, 5.41) is 2.45. The summed E-state index contributed by atoms with van der Waals surface area (Å²) < 4.78 is 25.9. The van der Waals surface area contributed by atoms with Crippen LogP contribution < -0.4 is 5.32 Å². The van der Waals surface area contributed by atoms with Crippen molar-refractivity contribution in [1.82, 2.24) is 19.6 Å². The highest BCUT2D eigenvalue weighted by molar-refractivity contribution is 5.95. The Balaban J connectivity index is 0.000000302. The number of carbonyl (C=O) groups is 2. The largest absolute Gasteiger partial charge is 0.453 e. The van der Waals surface area contributed by atoms with E-state index >= 15 is 0 Å². The van der Waals surface area contributed by atoms with Crippen molar-refractivity contribution in [2.24, 2.45) is 0 Å². The highest BCUT2D eigenvalue weighted by Gasteiger charge is 2.18. The number of hydrogen-bond donors (Lipinski definition) is 1. The number of terminal acetylenes is 1. The van der Waals surface area contributed by atoms with Crippen LogP contribution in [0.1, 0.15) is 27.2 Å². The zero-order valence-electron chi connectivity index (χ0n) is 20.7. The number of benzene rings is 1. The average molecular weight is 483 g/mol. The maximum atomic E-state index is 14.3. The molecular weight excluding hydrogens is 451 g/mol. The Hall–Kier alpha value is -3.90. The van der Waals surface area contributed by atoms with Gasteiger partial charge in [-0.15, -0.1) is 12.8 Å². The molecule has 0 radical (unpaired) electrons. The number of halogens is 1. The summed E-state index contributed by atoms with van der Waals surface area (Å²) in [7, 11) is 2.87. The smallest absolute Gasteiger partial charge is 0.409 e. The quantitative estimate of drug-likeness (QED) is 0.563. The fraction of sp³-hybridized carbons (Fsp3) is 0.346. The van der Waals surface area contributed by atoms with Crippen molar-refractivity contribution in [2.75, 3.05) is 40.5 Å². The maximum absolute atomic E-state index is 14.3. The molecule has 4 rings (SSSR count). The predicted octanol–water partition coefficient (Wildman–Crippen LogP) is 3.76. The highest BCUT2D eigenvalue weighted by Crippen LogP contribution is 2.29. The van der Waals surface area contributed by atoms with Crippen LogP contribution in [0.25, 0.3) is 16.9 Å². The number of carbonyl (C=O) groups excluding carboxylic acids is 2. The van der Waals surface area contributed by atoms with Crippen molar-refractivity contribution in [3.63, 3.8) is 0 Å². The Kier molecular flexibility index (Phi) is 9.79. The summed E-state index contributed by atoms with van der Waals surface area (Å²) in [6.07, 6.45) is 9.70. The molecule has 2 amide bonds. The van der Waals surface area contributed by atoms with Crippen molar-refractivity contribution in [3.8, 4) is 24.1 Å². The molecule has 2 aromatic heterocycles. The molecule has 1 fully saturated rings. The van der Waals surface area contributed by atoms with Gasteiger partial charge < -0.3 is 24.1 Å². The fourth-order valence-corrected chi connectivity index (χ4v) is 3.64. The molecule has 1 N–H and O–H groups in total. The Morgan fingerprint density at radius 3 is 2.40 bits per heavy atom. The Morgan fingerprint density at radius 1 is 1.14 bits per heavy atom. The standard InChI is InChI=1S/C18H18FN3O.C6H11NO3.C2H2/c1-10-5-6-22-12(3)17(21-16(22)7-10)13-9-15(19)14(8-11(13)2)18(23)20-4;1-9-6(8)7-2-4-10-5-3-7;1-2/h5-9H,1-4H3,(H,20,23);2-5H2,1H3;1-2H. The zero-order valence-corrected chi connectivity index (χ0v) is 20.7. The average Bonchev–Trinajstić information content (AvgIpc) is 3.21. The molecule has 3 heterocycles. The number of ether oxygens (including phenoxy) is 2. The summed E-state index contributed by atoms with van der Waals surface area (Å²) in [5.74, 6) is -0.975. The second-order valence-electron chi connectivity index (χ2n) is 7.77. The number of methoxy groups -OCH3 is 1. The molecule has 0 saturated carbocycles. The van der Waals surface area contributed by atoms with E-state index in [1.54, 1.807) is 11.0 Å². The number of imidazole rings is 1. The van der Waals surface area contributed by atoms with E-state index in [1.165, 1.54) is 20.2 Å². The van der Waals surface area contributed by atoms with Gasteiger partial charge in [0.1, 0.15) is 11.5 Å². The minimum absolute atomic E-state index is 0.0472. The van der Waals surface area contributed by atoms with Gasteiger partial charge in [0.25, 0.3) is 5.91 Å². The molecule has 0 unspecified atom stereocenters. The van der Waals surface area contributed by atoms with E-state index in [0.29, 0.717) is 31.9 Å². The molecule has 1 aliphatic rings. The van der Waals surface area contributed by atoms with Crippen molar-refractivity contribution < 1.29 is 23.5 Å². The van der Waals surface area contributed by atoms with Crippen LogP contribution in [0, 0.1) is 39.4 Å². The Morgan fingerprint density at radius 2 is 1.80 bits per heavy atom. The van der Waals surface area contributed by atoms with Crippen LogP contribution in [0.2, 0.25) is 0 Å². The van der Waals surface area contributed by atoms with E-state index in [2.05, 4.69) is 27.9 Å². The first-order valence-corrected chi connectivity index (χ1v) is 11.0. The number of aryl methyl sites for hydroxylation is 3. The third-order valence-corrected chi connectivity index (χ3v) is 5.51. The van der Waals surface area contributed by atoms with Crippen molar-refractivity contribution in [3.05, 3.63) is 58.7 Å².